The average Bonchev–Trinajstić information content (AvgIpc) is 3.33. The van der Waals surface area contributed by atoms with Crippen molar-refractivity contribution in [3.63, 3.8) is 0 Å². The number of aryl methyl sites for hydroxylation is 3. The van der Waals surface area contributed by atoms with Crippen LogP contribution in [0.3, 0.4) is 0 Å². The molecule has 3 heterocycles. The summed E-state index contributed by atoms with van der Waals surface area (Å²) in [6.07, 6.45) is 0.683. The number of thiazole rings is 1. The molecular weight excluding hydrogens is 440 g/mol. The largest absolute Gasteiger partial charge is 0.307 e. The van der Waals surface area contributed by atoms with Crippen molar-refractivity contribution in [2.45, 2.75) is 27.2 Å². The number of rotatable bonds is 5. The predicted octanol–water partition coefficient (Wildman–Crippen LogP) is 6.16. The van der Waals surface area contributed by atoms with Crippen molar-refractivity contribution in [1.82, 2.24) is 24.6 Å². The first-order valence-electron chi connectivity index (χ1n) is 10.2. The molecule has 0 aliphatic heterocycles. The van der Waals surface area contributed by atoms with E-state index < -0.39 is 0 Å². The highest BCUT2D eigenvalue weighted by Gasteiger charge is 2.16. The molecule has 0 spiro atoms. The lowest BCUT2D eigenvalue weighted by Gasteiger charge is -2.12. The van der Waals surface area contributed by atoms with E-state index in [9.17, 15) is 0 Å². The molecule has 0 radical (unpaired) electrons. The van der Waals surface area contributed by atoms with Gasteiger partial charge in [0, 0.05) is 33.6 Å². The molecule has 0 amide bonds. The van der Waals surface area contributed by atoms with Gasteiger partial charge in [-0.2, -0.15) is 4.98 Å². The Bertz CT molecular complexity index is 1400. The topological polar surface area (TPSA) is 68.0 Å². The third-order valence-corrected chi connectivity index (χ3v) is 6.35. The lowest BCUT2D eigenvalue weighted by Crippen LogP contribution is -2.07. The molecule has 0 atom stereocenters. The first-order valence-corrected chi connectivity index (χ1v) is 11.5. The Balaban J connectivity index is 1.49. The molecule has 0 aliphatic carbocycles. The van der Waals surface area contributed by atoms with E-state index >= 15 is 0 Å². The number of benzene rings is 2. The van der Waals surface area contributed by atoms with Crippen LogP contribution in [0.25, 0.3) is 16.2 Å². The van der Waals surface area contributed by atoms with Crippen LogP contribution in [0.5, 0.6) is 0 Å². The number of halogens is 1. The normalized spacial score (nSPS) is 11.2. The van der Waals surface area contributed by atoms with Crippen molar-refractivity contribution in [1.29, 1.82) is 0 Å². The lowest BCUT2D eigenvalue weighted by atomic mass is 10.0. The summed E-state index contributed by atoms with van der Waals surface area (Å²) in [5, 5.41) is 10.8. The van der Waals surface area contributed by atoms with Gasteiger partial charge in [0.25, 0.3) is 0 Å². The highest BCUT2D eigenvalue weighted by atomic mass is 35.5. The van der Waals surface area contributed by atoms with Crippen LogP contribution in [0.4, 0.5) is 11.8 Å². The zero-order valence-electron chi connectivity index (χ0n) is 17.9. The molecule has 0 unspecified atom stereocenters. The van der Waals surface area contributed by atoms with Crippen molar-refractivity contribution < 1.29 is 0 Å². The first kappa shape index (κ1) is 20.6. The van der Waals surface area contributed by atoms with Gasteiger partial charge in [-0.25, -0.2) is 14.5 Å². The number of anilines is 2. The van der Waals surface area contributed by atoms with Gasteiger partial charge in [0.2, 0.25) is 10.9 Å². The van der Waals surface area contributed by atoms with Gasteiger partial charge < -0.3 is 5.32 Å². The van der Waals surface area contributed by atoms with Crippen molar-refractivity contribution in [2.75, 3.05) is 5.32 Å². The van der Waals surface area contributed by atoms with Crippen LogP contribution in [-0.4, -0.2) is 24.6 Å². The van der Waals surface area contributed by atoms with E-state index in [4.69, 9.17) is 16.7 Å². The molecule has 0 saturated heterocycles. The maximum atomic E-state index is 6.04. The maximum absolute atomic E-state index is 6.04. The van der Waals surface area contributed by atoms with Gasteiger partial charge in [-0.05, 0) is 38.5 Å². The Morgan fingerprint density at radius 3 is 2.44 bits per heavy atom. The number of aromatic nitrogens is 5. The molecule has 0 saturated carbocycles. The monoisotopic (exact) mass is 460 g/mol. The van der Waals surface area contributed by atoms with Gasteiger partial charge in [-0.15, -0.1) is 16.4 Å². The lowest BCUT2D eigenvalue weighted by molar-refractivity contribution is 0.952. The van der Waals surface area contributed by atoms with Crippen LogP contribution in [0.1, 0.15) is 28.2 Å². The van der Waals surface area contributed by atoms with Crippen molar-refractivity contribution in [3.8, 4) is 11.3 Å². The Morgan fingerprint density at radius 1 is 0.938 bits per heavy atom. The zero-order chi connectivity index (χ0) is 22.2. The van der Waals surface area contributed by atoms with Crippen LogP contribution in [-0.2, 0) is 6.42 Å². The average molecular weight is 461 g/mol. The fraction of sp³-hybridized carbons (Fsp3) is 0.167. The van der Waals surface area contributed by atoms with E-state index in [-0.39, 0.29) is 0 Å². The standard InChI is InChI=1S/C24H21ClN6S/c1-14-4-8-18(9-5-14)21-13-32-24-29-23(30-31(21)24)28-22-20(15(2)26-16(3)27-22)12-17-6-10-19(25)11-7-17/h4-11,13H,12H2,1-3H3,(H,26,27,28,30). The second-order valence-corrected chi connectivity index (χ2v) is 9.00. The van der Waals surface area contributed by atoms with E-state index in [0.717, 1.165) is 43.9 Å². The molecule has 0 aliphatic rings. The Hall–Kier alpha value is -3.29. The predicted molar refractivity (Wildman–Crippen MR) is 130 cm³/mol. The third kappa shape index (κ3) is 4.09. The summed E-state index contributed by atoms with van der Waals surface area (Å²) in [4.78, 5) is 14.7. The Labute approximate surface area is 195 Å². The van der Waals surface area contributed by atoms with Gasteiger partial charge in [-0.3, -0.25) is 0 Å². The molecule has 6 nitrogen and oxygen atoms in total. The minimum Gasteiger partial charge on any atom is -0.307 e. The summed E-state index contributed by atoms with van der Waals surface area (Å²) in [6, 6.07) is 16.2. The highest BCUT2D eigenvalue weighted by molar-refractivity contribution is 7.15. The van der Waals surface area contributed by atoms with Crippen LogP contribution in [0.15, 0.2) is 53.9 Å². The van der Waals surface area contributed by atoms with Gasteiger partial charge in [0.15, 0.2) is 0 Å². The molecule has 0 fully saturated rings. The molecule has 2 aromatic carbocycles. The number of nitrogens with one attached hydrogen (secondary N) is 1. The molecule has 5 rings (SSSR count). The van der Waals surface area contributed by atoms with E-state index in [0.29, 0.717) is 18.2 Å². The smallest absolute Gasteiger partial charge is 0.249 e. The van der Waals surface area contributed by atoms with Gasteiger partial charge >= 0.3 is 0 Å². The second kappa shape index (κ2) is 8.33. The van der Waals surface area contributed by atoms with Crippen LogP contribution < -0.4 is 5.32 Å². The molecule has 5 aromatic rings. The summed E-state index contributed by atoms with van der Waals surface area (Å²) in [6.45, 7) is 5.97. The van der Waals surface area contributed by atoms with Crippen molar-refractivity contribution in [2.24, 2.45) is 0 Å². The van der Waals surface area contributed by atoms with E-state index in [1.807, 2.05) is 42.6 Å². The summed E-state index contributed by atoms with van der Waals surface area (Å²) in [7, 11) is 0. The van der Waals surface area contributed by atoms with Gasteiger partial charge in [0.1, 0.15) is 11.6 Å². The number of hydrogen-bond donors (Lipinski definition) is 1. The molecule has 3 aromatic heterocycles. The Morgan fingerprint density at radius 2 is 1.69 bits per heavy atom. The molecular formula is C24H21ClN6S. The summed E-state index contributed by atoms with van der Waals surface area (Å²) in [5.41, 5.74) is 6.42. The maximum Gasteiger partial charge on any atom is 0.249 e. The number of hydrogen-bond acceptors (Lipinski definition) is 6. The quantitative estimate of drug-likeness (QED) is 0.340. The van der Waals surface area contributed by atoms with Crippen LogP contribution in [0.2, 0.25) is 5.02 Å². The van der Waals surface area contributed by atoms with E-state index in [2.05, 4.69) is 56.8 Å². The molecule has 32 heavy (non-hydrogen) atoms. The van der Waals surface area contributed by atoms with Gasteiger partial charge in [-0.1, -0.05) is 53.6 Å². The summed E-state index contributed by atoms with van der Waals surface area (Å²) in [5.74, 6) is 1.94. The fourth-order valence-corrected chi connectivity index (χ4v) is 4.58. The van der Waals surface area contributed by atoms with Crippen molar-refractivity contribution >= 4 is 39.7 Å². The number of fused-ring (bicyclic) bond motifs is 1. The minimum atomic E-state index is 0.514. The number of nitrogens with zero attached hydrogens (tertiary/aromatic N) is 5. The van der Waals surface area contributed by atoms with Gasteiger partial charge in [0.05, 0.1) is 5.69 Å². The fourth-order valence-electron chi connectivity index (χ4n) is 3.62. The zero-order valence-corrected chi connectivity index (χ0v) is 19.5. The van der Waals surface area contributed by atoms with Crippen molar-refractivity contribution in [3.05, 3.63) is 87.1 Å². The van der Waals surface area contributed by atoms with Crippen LogP contribution in [0, 0.1) is 20.8 Å². The first-order chi connectivity index (χ1) is 15.5. The second-order valence-electron chi connectivity index (χ2n) is 7.73. The third-order valence-electron chi connectivity index (χ3n) is 5.28. The Kier molecular flexibility index (Phi) is 5.36. The molecule has 160 valence electrons. The van der Waals surface area contributed by atoms with E-state index in [1.165, 1.54) is 5.56 Å². The summed E-state index contributed by atoms with van der Waals surface area (Å²) < 4.78 is 1.87. The molecule has 1 N–H and O–H groups in total. The minimum absolute atomic E-state index is 0.514. The molecule has 8 heteroatoms. The SMILES string of the molecule is Cc1ccc(-c2csc3nc(Nc4nc(C)nc(C)c4Cc4ccc(Cl)cc4)nn23)cc1. The van der Waals surface area contributed by atoms with Crippen LogP contribution >= 0.6 is 22.9 Å². The summed E-state index contributed by atoms with van der Waals surface area (Å²) >= 11 is 7.61. The van der Waals surface area contributed by atoms with E-state index in [1.54, 1.807) is 11.3 Å². The molecule has 0 bridgehead atoms. The highest BCUT2D eigenvalue weighted by Crippen LogP contribution is 2.28.